The van der Waals surface area contributed by atoms with Crippen LogP contribution in [-0.2, 0) is 19.1 Å². The van der Waals surface area contributed by atoms with Crippen LogP contribution in [0.5, 0.6) is 0 Å². The summed E-state index contributed by atoms with van der Waals surface area (Å²) in [4.78, 5) is 47.1. The molecule has 0 saturated heterocycles. The molecule has 37 heavy (non-hydrogen) atoms. The first-order chi connectivity index (χ1) is 17.4. The molecular weight excluding hydrogens is 474 g/mol. The fraction of sp³-hybridized carbons (Fsp3) is 0.643. The van der Waals surface area contributed by atoms with Gasteiger partial charge in [0, 0.05) is 5.92 Å². The zero-order chi connectivity index (χ0) is 29.4. The maximum atomic E-state index is 12.1. The number of carbonyl (C=O) groups is 4. The van der Waals surface area contributed by atoms with Gasteiger partial charge in [-0.15, -0.1) is 0 Å². The molecule has 0 bridgehead atoms. The topological polar surface area (TPSA) is 134 Å². The maximum absolute atomic E-state index is 12.1. The Morgan fingerprint density at radius 1 is 0.838 bits per heavy atom. The van der Waals surface area contributed by atoms with Crippen molar-refractivity contribution in [3.8, 4) is 0 Å². The lowest BCUT2D eigenvalue weighted by Crippen LogP contribution is -2.52. The number of carbonyl (C=O) groups excluding carboxylic acids is 4. The maximum Gasteiger partial charge on any atom is 0.407 e. The van der Waals surface area contributed by atoms with Gasteiger partial charge in [-0.05, 0) is 27.2 Å². The van der Waals surface area contributed by atoms with E-state index < -0.39 is 35.7 Å². The molecule has 0 aliphatic rings. The fourth-order valence-electron chi connectivity index (χ4n) is 2.37. The Morgan fingerprint density at radius 3 is 1.68 bits per heavy atom. The van der Waals surface area contributed by atoms with Crippen LogP contribution in [0.4, 0.5) is 4.79 Å². The molecule has 2 atom stereocenters. The van der Waals surface area contributed by atoms with Crippen LogP contribution in [0.25, 0.3) is 0 Å². The normalized spacial score (nSPS) is 11.5. The summed E-state index contributed by atoms with van der Waals surface area (Å²) in [5.74, 6) is -1.67. The van der Waals surface area contributed by atoms with Crippen molar-refractivity contribution < 1.29 is 29.0 Å². The molecule has 1 aromatic carbocycles. The standard InChI is InChI=1S/C18H33N3O6.C6H6.2C2H6/c1-7-8-12(21-17(26)27-18(4,5)6)15(24)16(25)20-10-14(23)19-9-13(22)11(2)3;1-2-4-6-5-3-1;2*1-2/h11-12,15,24H,7-10H2,1-6H3,(H,19,23)(H,20,25)(H,21,26);1-6H;2*1-2H3. The van der Waals surface area contributed by atoms with E-state index in [-0.39, 0.29) is 24.8 Å². The molecule has 9 nitrogen and oxygen atoms in total. The lowest BCUT2D eigenvalue weighted by molar-refractivity contribution is -0.133. The van der Waals surface area contributed by atoms with Crippen LogP contribution in [0.1, 0.15) is 82.1 Å². The number of nitrogens with one attached hydrogen (secondary N) is 3. The van der Waals surface area contributed by atoms with Gasteiger partial charge >= 0.3 is 6.09 Å². The predicted octanol–water partition coefficient (Wildman–Crippen LogP) is 4.24. The number of ketones is 1. The van der Waals surface area contributed by atoms with Crippen molar-refractivity contribution in [3.05, 3.63) is 36.4 Å². The molecule has 2 unspecified atom stereocenters. The average Bonchev–Trinajstić information content (AvgIpc) is 2.87. The van der Waals surface area contributed by atoms with E-state index in [1.165, 1.54) is 0 Å². The molecule has 0 fully saturated rings. The highest BCUT2D eigenvalue weighted by atomic mass is 16.6. The van der Waals surface area contributed by atoms with Crippen LogP contribution in [0.2, 0.25) is 0 Å². The smallest absolute Gasteiger partial charge is 0.407 e. The van der Waals surface area contributed by atoms with Gasteiger partial charge in [0.2, 0.25) is 5.91 Å². The van der Waals surface area contributed by atoms with E-state index in [1.54, 1.807) is 34.6 Å². The summed E-state index contributed by atoms with van der Waals surface area (Å²) in [6, 6.07) is 11.1. The molecule has 0 spiro atoms. The Bertz CT molecular complexity index is 706. The summed E-state index contributed by atoms with van der Waals surface area (Å²) in [5, 5.41) is 17.4. The van der Waals surface area contributed by atoms with Gasteiger partial charge in [-0.2, -0.15) is 0 Å². The third kappa shape index (κ3) is 23.2. The molecule has 0 saturated carbocycles. The number of amides is 3. The van der Waals surface area contributed by atoms with Gasteiger partial charge in [-0.1, -0.05) is 91.3 Å². The van der Waals surface area contributed by atoms with Gasteiger partial charge < -0.3 is 25.8 Å². The van der Waals surface area contributed by atoms with E-state index in [2.05, 4.69) is 16.0 Å². The van der Waals surface area contributed by atoms with Crippen molar-refractivity contribution in [2.75, 3.05) is 13.1 Å². The Morgan fingerprint density at radius 2 is 1.30 bits per heavy atom. The number of hydrogen-bond acceptors (Lipinski definition) is 6. The number of rotatable bonds is 10. The zero-order valence-corrected chi connectivity index (χ0v) is 24.5. The lowest BCUT2D eigenvalue weighted by atomic mass is 10.1. The monoisotopic (exact) mass is 525 g/mol. The molecule has 214 valence electrons. The summed E-state index contributed by atoms with van der Waals surface area (Å²) < 4.78 is 5.13. The SMILES string of the molecule is CC.CC.CCCC(NC(=O)OC(C)(C)C)C(O)C(=O)NCC(=O)NCC(=O)C(C)C.c1ccccc1. The Hall–Kier alpha value is -2.94. The second-order valence-electron chi connectivity index (χ2n) is 8.76. The summed E-state index contributed by atoms with van der Waals surface area (Å²) in [6.07, 6.45) is -1.31. The van der Waals surface area contributed by atoms with Crippen LogP contribution >= 0.6 is 0 Å². The largest absolute Gasteiger partial charge is 0.444 e. The number of benzene rings is 1. The van der Waals surface area contributed by atoms with E-state index in [9.17, 15) is 24.3 Å². The summed E-state index contributed by atoms with van der Waals surface area (Å²) >= 11 is 0. The molecule has 3 amide bonds. The van der Waals surface area contributed by atoms with E-state index in [0.717, 1.165) is 0 Å². The van der Waals surface area contributed by atoms with Crippen LogP contribution in [0.3, 0.4) is 0 Å². The van der Waals surface area contributed by atoms with Crippen molar-refractivity contribution in [2.45, 2.75) is 99.8 Å². The number of ether oxygens (including phenoxy) is 1. The van der Waals surface area contributed by atoms with E-state index >= 15 is 0 Å². The molecular formula is C28H51N3O6. The Kier molecular flexibility index (Phi) is 24.5. The van der Waals surface area contributed by atoms with E-state index in [1.807, 2.05) is 71.0 Å². The van der Waals surface area contributed by atoms with Gasteiger partial charge in [0.1, 0.15) is 5.60 Å². The van der Waals surface area contributed by atoms with Gasteiger partial charge in [-0.25, -0.2) is 4.79 Å². The van der Waals surface area contributed by atoms with E-state index in [0.29, 0.717) is 12.8 Å². The van der Waals surface area contributed by atoms with E-state index in [4.69, 9.17) is 4.74 Å². The van der Waals surface area contributed by atoms with Gasteiger partial charge in [-0.3, -0.25) is 14.4 Å². The fourth-order valence-corrected chi connectivity index (χ4v) is 2.37. The number of alkyl carbamates (subject to hydrolysis) is 1. The molecule has 0 radical (unpaired) electrons. The minimum atomic E-state index is -1.54. The van der Waals surface area contributed by atoms with Gasteiger partial charge in [0.05, 0.1) is 19.1 Å². The number of aliphatic hydroxyl groups is 1. The molecule has 9 heteroatoms. The summed E-state index contributed by atoms with van der Waals surface area (Å²) in [7, 11) is 0. The van der Waals surface area contributed by atoms with Crippen LogP contribution in [-0.4, -0.2) is 59.6 Å². The average molecular weight is 526 g/mol. The zero-order valence-electron chi connectivity index (χ0n) is 24.5. The Labute approximate surface area is 224 Å². The van der Waals surface area contributed by atoms with Gasteiger partial charge in [0.25, 0.3) is 5.91 Å². The van der Waals surface area contributed by atoms with Crippen molar-refractivity contribution >= 4 is 23.7 Å². The highest BCUT2D eigenvalue weighted by Gasteiger charge is 2.29. The summed E-state index contributed by atoms with van der Waals surface area (Å²) in [6.45, 7) is 17.9. The second kappa shape index (κ2) is 23.5. The third-order valence-corrected chi connectivity index (χ3v) is 4.15. The van der Waals surface area contributed by atoms with Crippen LogP contribution in [0.15, 0.2) is 36.4 Å². The molecule has 0 aliphatic heterocycles. The first-order valence-corrected chi connectivity index (χ1v) is 13.1. The van der Waals surface area contributed by atoms with Crippen LogP contribution < -0.4 is 16.0 Å². The molecule has 1 aromatic rings. The number of Topliss-reactive ketones (excluding diaryl/α,β-unsaturated/α-hetero) is 1. The minimum absolute atomic E-state index is 0.117. The lowest BCUT2D eigenvalue weighted by Gasteiger charge is -2.26. The Balaban J connectivity index is -0.000000969. The van der Waals surface area contributed by atoms with Crippen molar-refractivity contribution in [3.63, 3.8) is 0 Å². The van der Waals surface area contributed by atoms with Gasteiger partial charge in [0.15, 0.2) is 11.9 Å². The molecule has 0 aromatic heterocycles. The third-order valence-electron chi connectivity index (χ3n) is 4.15. The predicted molar refractivity (Wildman–Crippen MR) is 149 cm³/mol. The van der Waals surface area contributed by atoms with Crippen molar-refractivity contribution in [1.82, 2.24) is 16.0 Å². The highest BCUT2D eigenvalue weighted by Crippen LogP contribution is 2.09. The first-order valence-electron chi connectivity index (χ1n) is 13.1. The highest BCUT2D eigenvalue weighted by molar-refractivity contribution is 5.90. The number of hydrogen-bond donors (Lipinski definition) is 4. The quantitative estimate of drug-likeness (QED) is 0.361. The molecule has 0 heterocycles. The number of aliphatic hydroxyl groups excluding tert-OH is 1. The van der Waals surface area contributed by atoms with Crippen molar-refractivity contribution in [1.29, 1.82) is 0 Å². The minimum Gasteiger partial charge on any atom is -0.444 e. The second-order valence-corrected chi connectivity index (χ2v) is 8.76. The van der Waals surface area contributed by atoms with Crippen molar-refractivity contribution in [2.24, 2.45) is 5.92 Å². The first kappa shape index (κ1) is 38.6. The van der Waals surface area contributed by atoms with Crippen LogP contribution in [0, 0.1) is 5.92 Å². The molecule has 4 N–H and O–H groups in total. The molecule has 1 rings (SSSR count). The molecule has 0 aliphatic carbocycles. The summed E-state index contributed by atoms with van der Waals surface area (Å²) in [5.41, 5.74) is -0.709.